The largest absolute Gasteiger partial charge is 0.487 e. The van der Waals surface area contributed by atoms with Crippen LogP contribution in [-0.4, -0.2) is 46.2 Å². The third-order valence-electron chi connectivity index (χ3n) is 5.83. The molecule has 1 amide bonds. The fraction of sp³-hybridized carbons (Fsp3) is 0.619. The summed E-state index contributed by atoms with van der Waals surface area (Å²) in [5, 5.41) is 9.71. The van der Waals surface area contributed by atoms with E-state index < -0.39 is 17.2 Å². The quantitative estimate of drug-likeness (QED) is 0.849. The zero-order chi connectivity index (χ0) is 20.0. The van der Waals surface area contributed by atoms with Gasteiger partial charge in [0.05, 0.1) is 17.5 Å². The van der Waals surface area contributed by atoms with E-state index in [0.717, 1.165) is 12.8 Å². The van der Waals surface area contributed by atoms with E-state index in [2.05, 4.69) is 0 Å². The molecular weight excluding hydrogens is 346 g/mol. The summed E-state index contributed by atoms with van der Waals surface area (Å²) in [5.41, 5.74) is -0.994. The van der Waals surface area contributed by atoms with Gasteiger partial charge in [-0.2, -0.15) is 0 Å². The highest BCUT2D eigenvalue weighted by atomic mass is 16.5. The van der Waals surface area contributed by atoms with E-state index in [4.69, 9.17) is 9.47 Å². The SMILES string of the molecule is CC1(C)CC(=O)c2cccc(OCC3(C(C)(C)C)CCCN3C(=O)O)c2O1. The Morgan fingerprint density at radius 2 is 2.04 bits per heavy atom. The van der Waals surface area contributed by atoms with Crippen molar-refractivity contribution in [2.45, 2.75) is 65.0 Å². The molecule has 0 aliphatic carbocycles. The molecule has 2 aliphatic rings. The third kappa shape index (κ3) is 3.37. The fourth-order valence-corrected chi connectivity index (χ4v) is 4.25. The molecular formula is C21H29NO5. The minimum absolute atomic E-state index is 0.0327. The number of amides is 1. The monoisotopic (exact) mass is 375 g/mol. The molecule has 6 nitrogen and oxygen atoms in total. The van der Waals surface area contributed by atoms with Crippen molar-refractivity contribution in [3.63, 3.8) is 0 Å². The van der Waals surface area contributed by atoms with Gasteiger partial charge in [-0.15, -0.1) is 0 Å². The first-order chi connectivity index (χ1) is 12.5. The number of rotatable bonds is 3. The van der Waals surface area contributed by atoms with Crippen LogP contribution in [-0.2, 0) is 0 Å². The molecule has 0 saturated carbocycles. The smallest absolute Gasteiger partial charge is 0.407 e. The third-order valence-corrected chi connectivity index (χ3v) is 5.83. The van der Waals surface area contributed by atoms with Crippen molar-refractivity contribution in [3.8, 4) is 11.5 Å². The van der Waals surface area contributed by atoms with Crippen LogP contribution in [0.25, 0.3) is 0 Å². The van der Waals surface area contributed by atoms with Gasteiger partial charge in [-0.25, -0.2) is 4.79 Å². The zero-order valence-corrected chi connectivity index (χ0v) is 16.8. The summed E-state index contributed by atoms with van der Waals surface area (Å²) in [6.07, 6.45) is 0.946. The number of likely N-dealkylation sites (tertiary alicyclic amines) is 1. The number of ketones is 1. The normalized spacial score (nSPS) is 24.3. The van der Waals surface area contributed by atoms with Crippen LogP contribution in [0, 0.1) is 5.41 Å². The molecule has 2 aliphatic heterocycles. The van der Waals surface area contributed by atoms with Gasteiger partial charge in [0.15, 0.2) is 17.3 Å². The Labute approximate surface area is 160 Å². The molecule has 0 spiro atoms. The van der Waals surface area contributed by atoms with Gasteiger partial charge >= 0.3 is 6.09 Å². The van der Waals surface area contributed by atoms with E-state index in [1.807, 2.05) is 34.6 Å². The molecule has 1 N–H and O–H groups in total. The number of benzene rings is 1. The number of nitrogens with zero attached hydrogens (tertiary/aromatic N) is 1. The average molecular weight is 375 g/mol. The summed E-state index contributed by atoms with van der Waals surface area (Å²) in [5.74, 6) is 0.988. The lowest BCUT2D eigenvalue weighted by Crippen LogP contribution is -2.58. The Hall–Kier alpha value is -2.24. The molecule has 6 heteroatoms. The van der Waals surface area contributed by atoms with Gasteiger partial charge in [-0.05, 0) is 44.2 Å². The van der Waals surface area contributed by atoms with Crippen molar-refractivity contribution >= 4 is 11.9 Å². The van der Waals surface area contributed by atoms with Crippen molar-refractivity contribution in [2.24, 2.45) is 5.41 Å². The van der Waals surface area contributed by atoms with Crippen LogP contribution in [0.5, 0.6) is 11.5 Å². The van der Waals surface area contributed by atoms with Crippen LogP contribution in [0.2, 0.25) is 0 Å². The number of fused-ring (bicyclic) bond motifs is 1. The lowest BCUT2D eigenvalue weighted by Gasteiger charge is -2.46. The van der Waals surface area contributed by atoms with Crippen LogP contribution in [0.4, 0.5) is 4.79 Å². The molecule has 1 atom stereocenters. The first kappa shape index (κ1) is 19.5. The minimum atomic E-state index is -0.923. The molecule has 0 aromatic heterocycles. The summed E-state index contributed by atoms with van der Waals surface area (Å²) in [6.45, 7) is 10.6. The molecule has 148 valence electrons. The summed E-state index contributed by atoms with van der Waals surface area (Å²) < 4.78 is 12.2. The lowest BCUT2D eigenvalue weighted by molar-refractivity contribution is -0.00569. The van der Waals surface area contributed by atoms with Crippen molar-refractivity contribution in [1.29, 1.82) is 0 Å². The molecule has 0 radical (unpaired) electrons. The van der Waals surface area contributed by atoms with Gasteiger partial charge in [0.1, 0.15) is 12.2 Å². The summed E-state index contributed by atoms with van der Waals surface area (Å²) in [4.78, 5) is 25.8. The number of ether oxygens (including phenoxy) is 2. The van der Waals surface area contributed by atoms with E-state index in [1.54, 1.807) is 18.2 Å². The second kappa shape index (κ2) is 6.43. The van der Waals surface area contributed by atoms with Crippen molar-refractivity contribution in [1.82, 2.24) is 4.90 Å². The Kier molecular flexibility index (Phi) is 4.65. The Balaban J connectivity index is 1.93. The summed E-state index contributed by atoms with van der Waals surface area (Å²) in [6, 6.07) is 5.31. The maximum absolute atomic E-state index is 12.5. The minimum Gasteiger partial charge on any atom is -0.487 e. The first-order valence-electron chi connectivity index (χ1n) is 9.45. The molecule has 1 fully saturated rings. The molecule has 2 heterocycles. The van der Waals surface area contributed by atoms with Crippen LogP contribution in [0.3, 0.4) is 0 Å². The van der Waals surface area contributed by atoms with Crippen molar-refractivity contribution < 1.29 is 24.2 Å². The molecule has 3 rings (SSSR count). The van der Waals surface area contributed by atoms with Crippen molar-refractivity contribution in [3.05, 3.63) is 23.8 Å². The topological polar surface area (TPSA) is 76.1 Å². The Morgan fingerprint density at radius 1 is 1.33 bits per heavy atom. The highest BCUT2D eigenvalue weighted by Crippen LogP contribution is 2.46. The predicted molar refractivity (Wildman–Crippen MR) is 102 cm³/mol. The number of hydrogen-bond acceptors (Lipinski definition) is 4. The zero-order valence-electron chi connectivity index (χ0n) is 16.8. The second-order valence-electron chi connectivity index (χ2n) is 9.20. The Bertz CT molecular complexity index is 764. The van der Waals surface area contributed by atoms with Gasteiger partial charge < -0.3 is 14.6 Å². The van der Waals surface area contributed by atoms with Gasteiger partial charge in [-0.1, -0.05) is 26.8 Å². The van der Waals surface area contributed by atoms with Crippen molar-refractivity contribution in [2.75, 3.05) is 13.2 Å². The van der Waals surface area contributed by atoms with E-state index in [9.17, 15) is 14.7 Å². The lowest BCUT2D eigenvalue weighted by atomic mass is 9.72. The first-order valence-corrected chi connectivity index (χ1v) is 9.45. The average Bonchev–Trinajstić information content (AvgIpc) is 2.97. The molecule has 1 aromatic carbocycles. The van der Waals surface area contributed by atoms with Gasteiger partial charge in [0, 0.05) is 6.54 Å². The van der Waals surface area contributed by atoms with Gasteiger partial charge in [0.25, 0.3) is 0 Å². The number of carboxylic acid groups (broad SMARTS) is 1. The molecule has 0 bridgehead atoms. The second-order valence-corrected chi connectivity index (χ2v) is 9.20. The number of Topliss-reactive ketones (excluding diaryl/α,β-unsaturated/α-hetero) is 1. The van der Waals surface area contributed by atoms with Crippen LogP contribution >= 0.6 is 0 Å². The van der Waals surface area contributed by atoms with E-state index in [1.165, 1.54) is 4.90 Å². The van der Waals surface area contributed by atoms with Gasteiger partial charge in [-0.3, -0.25) is 9.69 Å². The highest BCUT2D eigenvalue weighted by Gasteiger charge is 2.52. The standard InChI is InChI=1S/C21H29NO5/c1-19(2,3)21(10-7-11-22(21)18(24)25)13-26-16-9-6-8-14-15(23)12-20(4,5)27-17(14)16/h6,8-9H,7,10-13H2,1-5H3,(H,24,25). The van der Waals surface area contributed by atoms with Crippen LogP contribution < -0.4 is 9.47 Å². The Morgan fingerprint density at radius 3 is 2.67 bits per heavy atom. The fourth-order valence-electron chi connectivity index (χ4n) is 4.25. The highest BCUT2D eigenvalue weighted by molar-refractivity contribution is 6.01. The predicted octanol–water partition coefficient (Wildman–Crippen LogP) is 4.37. The van der Waals surface area contributed by atoms with Crippen LogP contribution in [0.1, 0.15) is 64.2 Å². The molecule has 1 saturated heterocycles. The van der Waals surface area contributed by atoms with E-state index in [0.29, 0.717) is 30.0 Å². The maximum atomic E-state index is 12.5. The summed E-state index contributed by atoms with van der Waals surface area (Å²) >= 11 is 0. The number of para-hydroxylation sites is 1. The van der Waals surface area contributed by atoms with Gasteiger partial charge in [0.2, 0.25) is 0 Å². The summed E-state index contributed by atoms with van der Waals surface area (Å²) in [7, 11) is 0. The van der Waals surface area contributed by atoms with E-state index >= 15 is 0 Å². The van der Waals surface area contributed by atoms with E-state index in [-0.39, 0.29) is 17.8 Å². The molecule has 1 unspecified atom stereocenters. The molecule has 27 heavy (non-hydrogen) atoms. The number of carbonyl (C=O) groups excluding carboxylic acids is 1. The maximum Gasteiger partial charge on any atom is 0.407 e. The number of hydrogen-bond donors (Lipinski definition) is 1. The molecule has 1 aromatic rings. The number of carbonyl (C=O) groups is 2. The van der Waals surface area contributed by atoms with Crippen LogP contribution in [0.15, 0.2) is 18.2 Å².